The van der Waals surface area contributed by atoms with Gasteiger partial charge in [-0.1, -0.05) is 36.8 Å². The summed E-state index contributed by atoms with van der Waals surface area (Å²) < 4.78 is 0. The van der Waals surface area contributed by atoms with Gasteiger partial charge in [0.05, 0.1) is 0 Å². The summed E-state index contributed by atoms with van der Waals surface area (Å²) in [4.78, 5) is 19.0. The number of piperidine rings is 1. The molecule has 1 aliphatic heterocycles. The number of hydrogen-bond acceptors (Lipinski definition) is 3. The number of hydrogen-bond donors (Lipinski definition) is 0. The Kier molecular flexibility index (Phi) is 4.06. The molecule has 0 spiro atoms. The zero-order valence-corrected chi connectivity index (χ0v) is 13.3. The van der Waals surface area contributed by atoms with Crippen molar-refractivity contribution in [2.45, 2.75) is 26.7 Å². The van der Waals surface area contributed by atoms with Crippen LogP contribution in [0.3, 0.4) is 0 Å². The van der Waals surface area contributed by atoms with Gasteiger partial charge in [-0.3, -0.25) is 4.79 Å². The molecule has 2 heterocycles. The molecule has 3 rings (SSSR count). The zero-order chi connectivity index (χ0) is 14.8. The van der Waals surface area contributed by atoms with Crippen LogP contribution in [0.1, 0.15) is 35.8 Å². The van der Waals surface area contributed by atoms with E-state index in [1.54, 1.807) is 11.3 Å². The van der Waals surface area contributed by atoms with Gasteiger partial charge in [0.25, 0.3) is 5.91 Å². The molecule has 1 atom stereocenters. The van der Waals surface area contributed by atoms with Crippen molar-refractivity contribution in [1.82, 2.24) is 9.88 Å². The van der Waals surface area contributed by atoms with E-state index in [1.165, 1.54) is 12.0 Å². The summed E-state index contributed by atoms with van der Waals surface area (Å²) in [6.07, 6.45) is 2.32. The van der Waals surface area contributed by atoms with E-state index in [-0.39, 0.29) is 5.91 Å². The van der Waals surface area contributed by atoms with Crippen molar-refractivity contribution in [3.05, 3.63) is 40.9 Å². The Labute approximate surface area is 129 Å². The molecule has 3 nitrogen and oxygen atoms in total. The first-order valence-corrected chi connectivity index (χ1v) is 8.33. The highest BCUT2D eigenvalue weighted by Crippen LogP contribution is 2.25. The van der Waals surface area contributed by atoms with Gasteiger partial charge < -0.3 is 4.90 Å². The topological polar surface area (TPSA) is 33.2 Å². The first kappa shape index (κ1) is 14.3. The summed E-state index contributed by atoms with van der Waals surface area (Å²) in [7, 11) is 0. The van der Waals surface area contributed by atoms with Crippen LogP contribution in [0.4, 0.5) is 0 Å². The molecule has 1 aromatic heterocycles. The minimum Gasteiger partial charge on any atom is -0.337 e. The number of benzene rings is 1. The fourth-order valence-corrected chi connectivity index (χ4v) is 3.54. The van der Waals surface area contributed by atoms with Crippen LogP contribution >= 0.6 is 11.3 Å². The molecule has 4 heteroatoms. The molecule has 110 valence electrons. The predicted octanol–water partition coefficient (Wildman–Crippen LogP) is 3.99. The second-order valence-corrected chi connectivity index (χ2v) is 6.76. The van der Waals surface area contributed by atoms with Gasteiger partial charge in [0.1, 0.15) is 10.7 Å². The van der Waals surface area contributed by atoms with Crippen molar-refractivity contribution in [3.8, 4) is 10.6 Å². The molecule has 1 aliphatic rings. The van der Waals surface area contributed by atoms with Crippen molar-refractivity contribution >= 4 is 17.2 Å². The Hall–Kier alpha value is -1.68. The number of rotatable bonds is 2. The van der Waals surface area contributed by atoms with Crippen LogP contribution < -0.4 is 0 Å². The van der Waals surface area contributed by atoms with E-state index in [1.807, 2.05) is 10.3 Å². The van der Waals surface area contributed by atoms with E-state index >= 15 is 0 Å². The molecule has 0 saturated carbocycles. The third-order valence-electron chi connectivity index (χ3n) is 3.97. The Morgan fingerprint density at radius 2 is 2.10 bits per heavy atom. The van der Waals surface area contributed by atoms with Gasteiger partial charge >= 0.3 is 0 Å². The average Bonchev–Trinajstić information content (AvgIpc) is 2.97. The smallest absolute Gasteiger partial charge is 0.273 e. The standard InChI is InChI=1S/C17H20N2OS/c1-12-5-7-14(8-6-12)16-18-15(11-21-16)17(20)19-9-3-4-13(2)10-19/h5-8,11,13H,3-4,9-10H2,1-2H3. The molecule has 1 fully saturated rings. The fraction of sp³-hybridized carbons (Fsp3) is 0.412. The van der Waals surface area contributed by atoms with E-state index in [9.17, 15) is 4.79 Å². The molecule has 0 bridgehead atoms. The lowest BCUT2D eigenvalue weighted by Crippen LogP contribution is -2.39. The SMILES string of the molecule is Cc1ccc(-c2nc(C(=O)N3CCCC(C)C3)cs2)cc1. The monoisotopic (exact) mass is 300 g/mol. The van der Waals surface area contributed by atoms with Crippen LogP contribution in [0.15, 0.2) is 29.6 Å². The largest absolute Gasteiger partial charge is 0.337 e. The minimum absolute atomic E-state index is 0.0798. The quantitative estimate of drug-likeness (QED) is 0.840. The summed E-state index contributed by atoms with van der Waals surface area (Å²) in [5.41, 5.74) is 2.90. The van der Waals surface area contributed by atoms with Gasteiger partial charge in [-0.25, -0.2) is 4.98 Å². The molecule has 0 aliphatic carbocycles. The normalized spacial score (nSPS) is 18.8. The van der Waals surface area contributed by atoms with Crippen LogP contribution in [0.5, 0.6) is 0 Å². The maximum atomic E-state index is 12.5. The number of aromatic nitrogens is 1. The van der Waals surface area contributed by atoms with Crippen LogP contribution in [-0.4, -0.2) is 28.9 Å². The van der Waals surface area contributed by atoms with Crippen molar-refractivity contribution < 1.29 is 4.79 Å². The molecule has 1 amide bonds. The lowest BCUT2D eigenvalue weighted by Gasteiger charge is -2.30. The summed E-state index contributed by atoms with van der Waals surface area (Å²) in [6.45, 7) is 5.99. The summed E-state index contributed by atoms with van der Waals surface area (Å²) in [6, 6.07) is 8.27. The second-order valence-electron chi connectivity index (χ2n) is 5.90. The summed E-state index contributed by atoms with van der Waals surface area (Å²) in [5.74, 6) is 0.675. The van der Waals surface area contributed by atoms with E-state index in [4.69, 9.17) is 0 Å². The van der Waals surface area contributed by atoms with Crippen LogP contribution in [0.2, 0.25) is 0 Å². The number of likely N-dealkylation sites (tertiary alicyclic amines) is 1. The maximum Gasteiger partial charge on any atom is 0.273 e. The van der Waals surface area contributed by atoms with E-state index in [0.29, 0.717) is 11.6 Å². The maximum absolute atomic E-state index is 12.5. The highest BCUT2D eigenvalue weighted by atomic mass is 32.1. The summed E-state index contributed by atoms with van der Waals surface area (Å²) in [5, 5.41) is 2.81. The first-order chi connectivity index (χ1) is 10.1. The van der Waals surface area contributed by atoms with Crippen molar-refractivity contribution in [2.75, 3.05) is 13.1 Å². The van der Waals surface area contributed by atoms with Crippen molar-refractivity contribution in [2.24, 2.45) is 5.92 Å². The minimum atomic E-state index is 0.0798. The molecule has 1 saturated heterocycles. The Morgan fingerprint density at radius 1 is 1.33 bits per heavy atom. The molecular formula is C17H20N2OS. The van der Waals surface area contributed by atoms with Gasteiger partial charge in [0.2, 0.25) is 0 Å². The van der Waals surface area contributed by atoms with E-state index < -0.39 is 0 Å². The average molecular weight is 300 g/mol. The molecule has 0 N–H and O–H groups in total. The van der Waals surface area contributed by atoms with Crippen LogP contribution in [0.25, 0.3) is 10.6 Å². The number of nitrogens with zero attached hydrogens (tertiary/aromatic N) is 2. The number of carbonyl (C=O) groups excluding carboxylic acids is 1. The van der Waals surface area contributed by atoms with Crippen LogP contribution in [0, 0.1) is 12.8 Å². The van der Waals surface area contributed by atoms with E-state index in [0.717, 1.165) is 30.1 Å². The van der Waals surface area contributed by atoms with Gasteiger partial charge in [0.15, 0.2) is 0 Å². The number of amides is 1. The Bertz CT molecular complexity index is 632. The molecule has 21 heavy (non-hydrogen) atoms. The van der Waals surface area contributed by atoms with Gasteiger partial charge in [-0.15, -0.1) is 11.3 Å². The summed E-state index contributed by atoms with van der Waals surface area (Å²) >= 11 is 1.54. The highest BCUT2D eigenvalue weighted by Gasteiger charge is 2.23. The molecule has 2 aromatic rings. The lowest BCUT2D eigenvalue weighted by atomic mass is 10.0. The first-order valence-electron chi connectivity index (χ1n) is 7.45. The number of carbonyl (C=O) groups is 1. The van der Waals surface area contributed by atoms with Crippen LogP contribution in [-0.2, 0) is 0 Å². The molecular weight excluding hydrogens is 280 g/mol. The highest BCUT2D eigenvalue weighted by molar-refractivity contribution is 7.13. The lowest BCUT2D eigenvalue weighted by molar-refractivity contribution is 0.0678. The number of thiazole rings is 1. The van der Waals surface area contributed by atoms with Crippen molar-refractivity contribution in [3.63, 3.8) is 0 Å². The third-order valence-corrected chi connectivity index (χ3v) is 4.86. The predicted molar refractivity (Wildman–Crippen MR) is 86.6 cm³/mol. The second kappa shape index (κ2) is 5.98. The molecule has 0 radical (unpaired) electrons. The number of aryl methyl sites for hydroxylation is 1. The zero-order valence-electron chi connectivity index (χ0n) is 12.5. The fourth-order valence-electron chi connectivity index (χ4n) is 2.74. The van der Waals surface area contributed by atoms with Gasteiger partial charge in [0, 0.05) is 24.0 Å². The van der Waals surface area contributed by atoms with Gasteiger partial charge in [-0.05, 0) is 25.7 Å². The third kappa shape index (κ3) is 3.16. The molecule has 1 unspecified atom stereocenters. The Balaban J connectivity index is 1.78. The molecule has 1 aromatic carbocycles. The van der Waals surface area contributed by atoms with Crippen molar-refractivity contribution in [1.29, 1.82) is 0 Å². The Morgan fingerprint density at radius 3 is 2.81 bits per heavy atom. The van der Waals surface area contributed by atoms with Gasteiger partial charge in [-0.2, -0.15) is 0 Å². The van der Waals surface area contributed by atoms with E-state index in [2.05, 4.69) is 43.1 Å².